The number of nitrogens with zero attached hydrogens (tertiary/aromatic N) is 3. The molecular formula is C58H43N3SSi. The van der Waals surface area contributed by atoms with Crippen molar-refractivity contribution in [2.45, 2.75) is 56.8 Å². The fourth-order valence-corrected chi connectivity index (χ4v) is 16.7. The minimum Gasteiger partial charge on any atom is -0.208 e. The van der Waals surface area contributed by atoms with Gasteiger partial charge in [-0.05, 0) is 141 Å². The van der Waals surface area contributed by atoms with Gasteiger partial charge >= 0.3 is 0 Å². The lowest BCUT2D eigenvalue weighted by Gasteiger charge is -2.61. The van der Waals surface area contributed by atoms with Crippen molar-refractivity contribution in [2.75, 3.05) is 0 Å². The second kappa shape index (κ2) is 12.4. The summed E-state index contributed by atoms with van der Waals surface area (Å²) in [7, 11) is 0.620. The highest BCUT2D eigenvalue weighted by Crippen LogP contribution is 2.70. The van der Waals surface area contributed by atoms with Crippen LogP contribution >= 0.6 is 11.3 Å². The molecule has 4 fully saturated rings. The van der Waals surface area contributed by atoms with Crippen LogP contribution in [-0.4, -0.2) is 24.5 Å². The fraction of sp³-hybridized carbons (Fsp3) is 0.224. The van der Waals surface area contributed by atoms with Gasteiger partial charge in [-0.2, -0.15) is 0 Å². The van der Waals surface area contributed by atoms with E-state index in [1.807, 2.05) is 11.3 Å². The van der Waals surface area contributed by atoms with E-state index in [-0.39, 0.29) is 10.8 Å². The lowest BCUT2D eigenvalue weighted by molar-refractivity contribution is -0.0399. The van der Waals surface area contributed by atoms with Crippen molar-refractivity contribution in [1.29, 1.82) is 0 Å². The fourth-order valence-electron chi connectivity index (χ4n) is 14.2. The first kappa shape index (κ1) is 35.4. The van der Waals surface area contributed by atoms with E-state index in [2.05, 4.69) is 153 Å². The molecule has 0 saturated heterocycles. The van der Waals surface area contributed by atoms with E-state index in [0.29, 0.717) is 21.4 Å². The predicted octanol–water partition coefficient (Wildman–Crippen LogP) is 12.9. The molecule has 3 heterocycles. The van der Waals surface area contributed by atoms with Gasteiger partial charge in [-0.1, -0.05) is 134 Å². The summed E-state index contributed by atoms with van der Waals surface area (Å²) in [6.45, 7) is 4.89. The number of aromatic nitrogens is 3. The summed E-state index contributed by atoms with van der Waals surface area (Å²) in [5.41, 5.74) is 17.6. The van der Waals surface area contributed by atoms with E-state index in [1.54, 1.807) is 11.1 Å². The highest BCUT2D eigenvalue weighted by molar-refractivity contribution is 7.25. The van der Waals surface area contributed by atoms with E-state index in [1.165, 1.54) is 107 Å². The van der Waals surface area contributed by atoms with Crippen LogP contribution in [0.3, 0.4) is 0 Å². The predicted molar refractivity (Wildman–Crippen MR) is 260 cm³/mol. The summed E-state index contributed by atoms with van der Waals surface area (Å²) in [6, 6.07) is 53.0. The van der Waals surface area contributed by atoms with Crippen molar-refractivity contribution in [2.24, 2.45) is 23.7 Å². The molecule has 1 aliphatic heterocycles. The second-order valence-corrected chi connectivity index (χ2v) is 22.5. The zero-order valence-electron chi connectivity index (χ0n) is 35.4. The summed E-state index contributed by atoms with van der Waals surface area (Å²) >= 11 is 1.84. The molecule has 0 amide bonds. The molecule has 5 heteroatoms. The van der Waals surface area contributed by atoms with Crippen molar-refractivity contribution >= 4 is 51.4 Å². The molecular weight excluding hydrogens is 799 g/mol. The van der Waals surface area contributed by atoms with Crippen LogP contribution in [0.25, 0.3) is 87.7 Å². The van der Waals surface area contributed by atoms with E-state index in [9.17, 15) is 0 Å². The Morgan fingerprint density at radius 3 is 1.86 bits per heavy atom. The standard InChI is InChI=1S/C58H43N3SSi/c1-57(2)46-12-6-3-9-38(46)44-29-45-43-26-33(17-20-47(43)58(49(45)30-48(44)57)36-22-31-21-32(24-36)25-37(58)23-31)54-59-55(34-15-18-40-39-10-4-7-13-50(39)62-51(40)27-34)61-56(60-54)35-16-19-42-41-11-5-8-14-52(41)63-53(42)28-35/h3-20,26-32,36-37H,21-25H2,1-2H3. The van der Waals surface area contributed by atoms with Gasteiger partial charge in [-0.25, -0.2) is 15.0 Å². The Labute approximate surface area is 374 Å². The smallest absolute Gasteiger partial charge is 0.164 e. The lowest BCUT2D eigenvalue weighted by Crippen LogP contribution is -2.55. The number of thiophene rings is 1. The molecule has 0 atom stereocenters. The SMILES string of the molecule is CC1(C)c2ccccc2-c2cc3c(cc21)C1(c2ccc(-c4nc(-c5ccc6c(c5)[Si]c5ccccc5-6)nc(-c5ccc6c(c5)sc5ccccc56)n4)cc2-3)C2CC3CC(C2)CC1C3. The number of hydrogen-bond acceptors (Lipinski definition) is 4. The van der Waals surface area contributed by atoms with Gasteiger partial charge in [0.1, 0.15) is 9.52 Å². The van der Waals surface area contributed by atoms with Gasteiger partial charge in [0.05, 0.1) is 0 Å². The lowest BCUT2D eigenvalue weighted by atomic mass is 9.43. The largest absolute Gasteiger partial charge is 0.208 e. The molecule has 16 rings (SSSR count). The third-order valence-corrected chi connectivity index (χ3v) is 19.2. The van der Waals surface area contributed by atoms with Crippen molar-refractivity contribution in [3.8, 4) is 67.5 Å². The number of rotatable bonds is 3. The molecule has 2 aromatic heterocycles. The summed E-state index contributed by atoms with van der Waals surface area (Å²) < 4.78 is 2.55. The number of hydrogen-bond donors (Lipinski definition) is 0. The second-order valence-electron chi connectivity index (χ2n) is 20.1. The molecule has 0 unspecified atom stereocenters. The van der Waals surface area contributed by atoms with E-state index in [4.69, 9.17) is 15.0 Å². The van der Waals surface area contributed by atoms with Crippen molar-refractivity contribution < 1.29 is 0 Å². The molecule has 4 bridgehead atoms. The Morgan fingerprint density at radius 1 is 0.444 bits per heavy atom. The normalized spacial score (nSPS) is 23.5. The molecule has 7 aromatic carbocycles. The van der Waals surface area contributed by atoms with Crippen LogP contribution in [-0.2, 0) is 10.8 Å². The van der Waals surface area contributed by atoms with Crippen LogP contribution in [0.4, 0.5) is 0 Å². The Bertz CT molecular complexity index is 3480. The van der Waals surface area contributed by atoms with Crippen LogP contribution in [0.2, 0.25) is 0 Å². The monoisotopic (exact) mass is 841 g/mol. The first-order valence-corrected chi connectivity index (χ1v) is 24.8. The third-order valence-electron chi connectivity index (χ3n) is 16.6. The molecule has 6 aliphatic carbocycles. The Balaban J connectivity index is 0.936. The molecule has 1 spiro atoms. The van der Waals surface area contributed by atoms with Gasteiger partial charge < -0.3 is 0 Å². The number of benzene rings is 7. The zero-order chi connectivity index (χ0) is 41.3. The topological polar surface area (TPSA) is 38.7 Å². The van der Waals surface area contributed by atoms with Gasteiger partial charge in [0.25, 0.3) is 0 Å². The van der Waals surface area contributed by atoms with Crippen molar-refractivity contribution in [1.82, 2.24) is 15.0 Å². The maximum Gasteiger partial charge on any atom is 0.164 e. The summed E-state index contributed by atoms with van der Waals surface area (Å²) in [5.74, 6) is 5.35. The average molecular weight is 842 g/mol. The molecule has 9 aromatic rings. The van der Waals surface area contributed by atoms with Gasteiger partial charge in [-0.3, -0.25) is 0 Å². The highest BCUT2D eigenvalue weighted by Gasteiger charge is 2.62. The van der Waals surface area contributed by atoms with Crippen LogP contribution < -0.4 is 10.4 Å². The van der Waals surface area contributed by atoms with Crippen LogP contribution in [0, 0.1) is 23.7 Å². The molecule has 63 heavy (non-hydrogen) atoms. The summed E-state index contributed by atoms with van der Waals surface area (Å²) in [6.07, 6.45) is 6.91. The van der Waals surface area contributed by atoms with Crippen LogP contribution in [0.15, 0.2) is 140 Å². The van der Waals surface area contributed by atoms with Gasteiger partial charge in [0.2, 0.25) is 0 Å². The molecule has 300 valence electrons. The number of fused-ring (bicyclic) bond motifs is 12. The Morgan fingerprint density at radius 2 is 1.05 bits per heavy atom. The minimum atomic E-state index is -0.0363. The van der Waals surface area contributed by atoms with Gasteiger partial charge in [0.15, 0.2) is 17.5 Å². The maximum atomic E-state index is 5.42. The average Bonchev–Trinajstić information content (AvgIpc) is 4.02. The first-order valence-electron chi connectivity index (χ1n) is 23.0. The quantitative estimate of drug-likeness (QED) is 0.166. The van der Waals surface area contributed by atoms with E-state index < -0.39 is 0 Å². The Kier molecular flexibility index (Phi) is 6.96. The molecule has 2 radical (unpaired) electrons. The molecule has 7 aliphatic rings. The molecule has 4 saturated carbocycles. The van der Waals surface area contributed by atoms with Gasteiger partial charge in [-0.15, -0.1) is 11.3 Å². The van der Waals surface area contributed by atoms with Crippen molar-refractivity contribution in [3.63, 3.8) is 0 Å². The first-order chi connectivity index (χ1) is 30.9. The third kappa shape index (κ3) is 4.72. The maximum absolute atomic E-state index is 5.42. The Hall–Kier alpha value is -6.01. The molecule has 0 N–H and O–H groups in total. The van der Waals surface area contributed by atoms with Crippen LogP contribution in [0.1, 0.15) is 68.2 Å². The summed E-state index contributed by atoms with van der Waals surface area (Å²) in [4.78, 5) is 16.2. The summed E-state index contributed by atoms with van der Waals surface area (Å²) in [5, 5.41) is 5.35. The minimum absolute atomic E-state index is 0.0363. The van der Waals surface area contributed by atoms with E-state index in [0.717, 1.165) is 46.0 Å². The van der Waals surface area contributed by atoms with Crippen molar-refractivity contribution in [3.05, 3.63) is 162 Å². The zero-order valence-corrected chi connectivity index (χ0v) is 37.2. The van der Waals surface area contributed by atoms with E-state index >= 15 is 0 Å². The van der Waals surface area contributed by atoms with Gasteiger partial charge in [0, 0.05) is 47.7 Å². The van der Waals surface area contributed by atoms with Crippen LogP contribution in [0.5, 0.6) is 0 Å². The molecule has 3 nitrogen and oxygen atoms in total. The highest BCUT2D eigenvalue weighted by atomic mass is 32.1.